The van der Waals surface area contributed by atoms with E-state index < -0.39 is 12.2 Å². The molecule has 0 aromatic heterocycles. The van der Waals surface area contributed by atoms with E-state index in [1.54, 1.807) is 0 Å². The van der Waals surface area contributed by atoms with E-state index in [1.165, 1.54) is 0 Å². The number of unbranched alkanes of at least 4 members (excludes halogenated alkanes) is 2. The molecule has 0 amide bonds. The molecule has 6 heteroatoms. The third-order valence-electron chi connectivity index (χ3n) is 3.97. The second-order valence-electron chi connectivity index (χ2n) is 6.46. The zero-order chi connectivity index (χ0) is 18.9. The van der Waals surface area contributed by atoms with E-state index in [2.05, 4.69) is 13.8 Å². The van der Waals surface area contributed by atoms with Crippen molar-refractivity contribution in [2.24, 2.45) is 0 Å². The van der Waals surface area contributed by atoms with Gasteiger partial charge in [0.2, 0.25) is 0 Å². The van der Waals surface area contributed by atoms with Gasteiger partial charge in [0, 0.05) is 25.7 Å². The molecule has 148 valence electrons. The average Bonchev–Trinajstić information content (AvgIpc) is 2.58. The molecule has 0 fully saturated rings. The van der Waals surface area contributed by atoms with Gasteiger partial charge in [0.1, 0.15) is 0 Å². The van der Waals surface area contributed by atoms with Gasteiger partial charge in [-0.15, -0.1) is 0 Å². The van der Waals surface area contributed by atoms with Crippen molar-refractivity contribution >= 4 is 11.9 Å². The number of carbonyl (C=O) groups excluding carboxylic acids is 2. The molecule has 25 heavy (non-hydrogen) atoms. The molecule has 0 aliphatic heterocycles. The van der Waals surface area contributed by atoms with Crippen molar-refractivity contribution in [1.29, 1.82) is 0 Å². The fraction of sp³-hybridized carbons (Fsp3) is 0.895. The van der Waals surface area contributed by atoms with Gasteiger partial charge in [-0.3, -0.25) is 9.59 Å². The minimum absolute atomic E-state index is 0.166. The van der Waals surface area contributed by atoms with Crippen LogP contribution in [0.25, 0.3) is 0 Å². The number of rotatable bonds is 16. The van der Waals surface area contributed by atoms with Gasteiger partial charge >= 0.3 is 11.9 Å². The Hall–Kier alpha value is -1.14. The smallest absolute Gasteiger partial charge is 0.305 e. The van der Waals surface area contributed by atoms with Crippen LogP contribution in [0, 0.1) is 0 Å². The van der Waals surface area contributed by atoms with E-state index in [1.807, 2.05) is 0 Å². The Balaban J connectivity index is 3.55. The first-order valence-electron chi connectivity index (χ1n) is 9.66. The van der Waals surface area contributed by atoms with Gasteiger partial charge in [-0.2, -0.15) is 0 Å². The quantitative estimate of drug-likeness (QED) is 0.411. The maximum atomic E-state index is 11.5. The molecule has 0 aliphatic carbocycles. The Morgan fingerprint density at radius 3 is 1.48 bits per heavy atom. The predicted molar refractivity (Wildman–Crippen MR) is 96.1 cm³/mol. The lowest BCUT2D eigenvalue weighted by atomic mass is 10.1. The largest absolute Gasteiger partial charge is 0.466 e. The fourth-order valence-electron chi connectivity index (χ4n) is 2.31. The van der Waals surface area contributed by atoms with Gasteiger partial charge in [0.05, 0.1) is 25.4 Å². The molecule has 0 saturated carbocycles. The highest BCUT2D eigenvalue weighted by Gasteiger charge is 2.10. The predicted octanol–water partition coefficient (Wildman–Crippen LogP) is 3.13. The van der Waals surface area contributed by atoms with Crippen LogP contribution < -0.4 is 0 Å². The van der Waals surface area contributed by atoms with Crippen LogP contribution in [0.3, 0.4) is 0 Å². The second-order valence-corrected chi connectivity index (χ2v) is 6.46. The topological polar surface area (TPSA) is 93.1 Å². The summed E-state index contributed by atoms with van der Waals surface area (Å²) in [5, 5.41) is 19.3. The van der Waals surface area contributed by atoms with Crippen molar-refractivity contribution < 1.29 is 29.3 Å². The molecule has 0 heterocycles. The van der Waals surface area contributed by atoms with Gasteiger partial charge in [0.25, 0.3) is 0 Å². The van der Waals surface area contributed by atoms with Crippen LogP contribution in [0.1, 0.15) is 84.5 Å². The standard InChI is InChI=1S/C19H36O6/c1-3-5-8-16(20)12-14-24-18(22)10-7-11-19(23)25-15-13-17(21)9-6-4-2/h16-17,20-21H,3-15H2,1-2H3. The van der Waals surface area contributed by atoms with Crippen molar-refractivity contribution in [2.75, 3.05) is 13.2 Å². The van der Waals surface area contributed by atoms with Gasteiger partial charge in [-0.25, -0.2) is 0 Å². The molecule has 0 rings (SSSR count). The van der Waals surface area contributed by atoms with Crippen molar-refractivity contribution in [2.45, 2.75) is 96.7 Å². The van der Waals surface area contributed by atoms with E-state index >= 15 is 0 Å². The summed E-state index contributed by atoms with van der Waals surface area (Å²) in [5.74, 6) is -0.712. The van der Waals surface area contributed by atoms with Gasteiger partial charge < -0.3 is 19.7 Å². The van der Waals surface area contributed by atoms with Gasteiger partial charge in [-0.1, -0.05) is 39.5 Å². The lowest BCUT2D eigenvalue weighted by molar-refractivity contribution is -0.146. The zero-order valence-electron chi connectivity index (χ0n) is 15.9. The first-order chi connectivity index (χ1) is 12.0. The molecule has 0 spiro atoms. The number of aliphatic hydroxyl groups is 2. The summed E-state index contributed by atoms with van der Waals surface area (Å²) < 4.78 is 10.1. The van der Waals surface area contributed by atoms with Crippen molar-refractivity contribution in [3.05, 3.63) is 0 Å². The van der Waals surface area contributed by atoms with Crippen LogP contribution in [-0.2, 0) is 19.1 Å². The molecule has 2 atom stereocenters. The molecular weight excluding hydrogens is 324 g/mol. The van der Waals surface area contributed by atoms with Crippen molar-refractivity contribution in [1.82, 2.24) is 0 Å². The monoisotopic (exact) mass is 360 g/mol. The van der Waals surface area contributed by atoms with Crippen LogP contribution in [0.4, 0.5) is 0 Å². The first-order valence-corrected chi connectivity index (χ1v) is 9.66. The molecule has 6 nitrogen and oxygen atoms in total. The number of hydrogen-bond donors (Lipinski definition) is 2. The third-order valence-corrected chi connectivity index (χ3v) is 3.97. The Bertz CT molecular complexity index is 313. The molecule has 0 aromatic rings. The minimum atomic E-state index is -0.421. The van der Waals surface area contributed by atoms with E-state index in [-0.39, 0.29) is 38.0 Å². The molecular formula is C19H36O6. The van der Waals surface area contributed by atoms with Gasteiger partial charge in [-0.05, 0) is 19.3 Å². The van der Waals surface area contributed by atoms with Crippen LogP contribution >= 0.6 is 0 Å². The summed E-state index contributed by atoms with van der Waals surface area (Å²) >= 11 is 0. The fourth-order valence-corrected chi connectivity index (χ4v) is 2.31. The van der Waals surface area contributed by atoms with E-state index in [9.17, 15) is 19.8 Å². The number of ether oxygens (including phenoxy) is 2. The average molecular weight is 360 g/mol. The van der Waals surface area contributed by atoms with Crippen LogP contribution in [0.15, 0.2) is 0 Å². The first kappa shape index (κ1) is 23.9. The minimum Gasteiger partial charge on any atom is -0.466 e. The summed E-state index contributed by atoms with van der Waals surface area (Å²) in [6, 6.07) is 0. The highest BCUT2D eigenvalue weighted by molar-refractivity contribution is 5.72. The number of carbonyl (C=O) groups is 2. The number of hydrogen-bond acceptors (Lipinski definition) is 6. The van der Waals surface area contributed by atoms with Crippen LogP contribution in [-0.4, -0.2) is 47.6 Å². The maximum absolute atomic E-state index is 11.5. The Morgan fingerprint density at radius 2 is 1.12 bits per heavy atom. The highest BCUT2D eigenvalue weighted by atomic mass is 16.5. The molecule has 0 aromatic carbocycles. The molecule has 0 radical (unpaired) electrons. The normalized spacial score (nSPS) is 13.3. The lowest BCUT2D eigenvalue weighted by Gasteiger charge is -2.11. The Labute approximate surface area is 151 Å². The van der Waals surface area contributed by atoms with Gasteiger partial charge in [0.15, 0.2) is 0 Å². The second kappa shape index (κ2) is 16.3. The van der Waals surface area contributed by atoms with Crippen molar-refractivity contribution in [3.63, 3.8) is 0 Å². The Morgan fingerprint density at radius 1 is 0.720 bits per heavy atom. The van der Waals surface area contributed by atoms with E-state index in [0.29, 0.717) is 19.3 Å². The highest BCUT2D eigenvalue weighted by Crippen LogP contribution is 2.07. The zero-order valence-corrected chi connectivity index (χ0v) is 15.9. The summed E-state index contributed by atoms with van der Waals surface area (Å²) in [6.07, 6.45) is 6.23. The third kappa shape index (κ3) is 16.1. The molecule has 2 N–H and O–H groups in total. The van der Waals surface area contributed by atoms with Crippen LogP contribution in [0.5, 0.6) is 0 Å². The number of aliphatic hydroxyl groups excluding tert-OH is 2. The summed E-state index contributed by atoms with van der Waals surface area (Å²) in [4.78, 5) is 23.1. The summed E-state index contributed by atoms with van der Waals surface area (Å²) in [5.41, 5.74) is 0. The Kier molecular flexibility index (Phi) is 15.6. The molecule has 0 bridgehead atoms. The van der Waals surface area contributed by atoms with Crippen LogP contribution in [0.2, 0.25) is 0 Å². The van der Waals surface area contributed by atoms with E-state index in [4.69, 9.17) is 9.47 Å². The lowest BCUT2D eigenvalue weighted by Crippen LogP contribution is -2.15. The van der Waals surface area contributed by atoms with E-state index in [0.717, 1.165) is 38.5 Å². The van der Waals surface area contributed by atoms with Crippen molar-refractivity contribution in [3.8, 4) is 0 Å². The maximum Gasteiger partial charge on any atom is 0.305 e. The number of esters is 2. The molecule has 0 saturated heterocycles. The molecule has 2 unspecified atom stereocenters. The SMILES string of the molecule is CCCCC(O)CCOC(=O)CCCC(=O)OCCC(O)CCCC. The summed E-state index contributed by atoms with van der Waals surface area (Å²) in [7, 11) is 0. The molecule has 0 aliphatic rings. The summed E-state index contributed by atoms with van der Waals surface area (Å²) in [6.45, 7) is 4.55.